The molecule has 0 bridgehead atoms. The molecule has 16 heavy (non-hydrogen) atoms. The number of carbonyl (C=O) groups is 2. The first-order valence-electron chi connectivity index (χ1n) is 5.78. The van der Waals surface area contributed by atoms with Gasteiger partial charge in [0.25, 0.3) is 0 Å². The lowest BCUT2D eigenvalue weighted by Crippen LogP contribution is -2.35. The van der Waals surface area contributed by atoms with Crippen molar-refractivity contribution in [3.63, 3.8) is 0 Å². The Hall–Kier alpha value is -1.10. The summed E-state index contributed by atoms with van der Waals surface area (Å²) in [5, 5.41) is 8.56. The number of amides is 1. The molecule has 0 atom stereocenters. The van der Waals surface area contributed by atoms with Gasteiger partial charge in [-0.3, -0.25) is 14.5 Å². The largest absolute Gasteiger partial charge is 0.481 e. The molecule has 94 valence electrons. The molecule has 0 aromatic carbocycles. The Labute approximate surface area is 96.6 Å². The molecule has 0 saturated heterocycles. The first kappa shape index (κ1) is 14.9. The van der Waals surface area contributed by atoms with Gasteiger partial charge in [0.1, 0.15) is 0 Å². The van der Waals surface area contributed by atoms with Crippen LogP contribution in [0.3, 0.4) is 0 Å². The second-order valence-corrected chi connectivity index (χ2v) is 3.95. The number of carbonyl (C=O) groups excluding carboxylic acids is 1. The molecule has 0 unspecified atom stereocenters. The van der Waals surface area contributed by atoms with E-state index in [9.17, 15) is 9.59 Å². The number of hydrogen-bond donors (Lipinski definition) is 2. The van der Waals surface area contributed by atoms with Gasteiger partial charge in [-0.05, 0) is 13.0 Å². The molecule has 0 aliphatic carbocycles. The van der Waals surface area contributed by atoms with Crippen LogP contribution < -0.4 is 5.73 Å². The van der Waals surface area contributed by atoms with Gasteiger partial charge in [0.15, 0.2) is 0 Å². The third-order valence-electron chi connectivity index (χ3n) is 2.35. The summed E-state index contributed by atoms with van der Waals surface area (Å²) in [7, 11) is 0. The number of carboxylic acid groups (broad SMARTS) is 1. The highest BCUT2D eigenvalue weighted by atomic mass is 16.4. The molecule has 0 aromatic rings. The van der Waals surface area contributed by atoms with E-state index in [-0.39, 0.29) is 13.0 Å². The minimum atomic E-state index is -0.844. The molecule has 0 aliphatic rings. The van der Waals surface area contributed by atoms with Gasteiger partial charge in [0.2, 0.25) is 5.91 Å². The van der Waals surface area contributed by atoms with Crippen LogP contribution in [-0.4, -0.2) is 41.5 Å². The molecule has 0 radical (unpaired) electrons. The van der Waals surface area contributed by atoms with Crippen molar-refractivity contribution in [1.82, 2.24) is 4.90 Å². The van der Waals surface area contributed by atoms with Crippen molar-refractivity contribution >= 4 is 11.9 Å². The summed E-state index contributed by atoms with van der Waals surface area (Å²) >= 11 is 0. The van der Waals surface area contributed by atoms with Crippen LogP contribution >= 0.6 is 0 Å². The van der Waals surface area contributed by atoms with Crippen molar-refractivity contribution in [2.45, 2.75) is 39.0 Å². The minimum absolute atomic E-state index is 0.0566. The fraction of sp³-hybridized carbons (Fsp3) is 0.818. The van der Waals surface area contributed by atoms with Gasteiger partial charge in [-0.2, -0.15) is 0 Å². The van der Waals surface area contributed by atoms with E-state index >= 15 is 0 Å². The number of hydrogen-bond acceptors (Lipinski definition) is 3. The van der Waals surface area contributed by atoms with E-state index in [1.807, 2.05) is 4.90 Å². The Morgan fingerprint density at radius 3 is 2.38 bits per heavy atom. The second kappa shape index (κ2) is 9.15. The maximum Gasteiger partial charge on any atom is 0.304 e. The number of carboxylic acids is 1. The standard InChI is InChI=1S/C11H22N2O3/c1-2-3-4-5-7-13(9-10(12)14)8-6-11(15)16/h2-9H2,1H3,(H2,12,14)(H,15,16). The second-order valence-electron chi connectivity index (χ2n) is 3.95. The van der Waals surface area contributed by atoms with Crippen LogP contribution in [0.1, 0.15) is 39.0 Å². The summed E-state index contributed by atoms with van der Waals surface area (Å²) < 4.78 is 0. The Morgan fingerprint density at radius 1 is 1.19 bits per heavy atom. The third kappa shape index (κ3) is 9.45. The predicted molar refractivity (Wildman–Crippen MR) is 62.0 cm³/mol. The lowest BCUT2D eigenvalue weighted by atomic mass is 10.2. The number of primary amides is 1. The van der Waals surface area contributed by atoms with Gasteiger partial charge in [-0.15, -0.1) is 0 Å². The molecule has 0 spiro atoms. The van der Waals surface area contributed by atoms with E-state index in [2.05, 4.69) is 6.92 Å². The van der Waals surface area contributed by atoms with Gasteiger partial charge in [0.05, 0.1) is 13.0 Å². The molecule has 0 saturated carbocycles. The van der Waals surface area contributed by atoms with Gasteiger partial charge in [0, 0.05) is 6.54 Å². The van der Waals surface area contributed by atoms with E-state index in [1.165, 1.54) is 6.42 Å². The van der Waals surface area contributed by atoms with Crippen LogP contribution in [0.25, 0.3) is 0 Å². The number of rotatable bonds is 10. The highest BCUT2D eigenvalue weighted by molar-refractivity contribution is 5.76. The lowest BCUT2D eigenvalue weighted by Gasteiger charge is -2.19. The maximum absolute atomic E-state index is 10.8. The van der Waals surface area contributed by atoms with E-state index in [0.29, 0.717) is 6.54 Å². The molecule has 0 heterocycles. The molecule has 5 heteroatoms. The monoisotopic (exact) mass is 230 g/mol. The van der Waals surface area contributed by atoms with E-state index in [4.69, 9.17) is 10.8 Å². The van der Waals surface area contributed by atoms with Crippen molar-refractivity contribution in [3.8, 4) is 0 Å². The fourth-order valence-electron chi connectivity index (χ4n) is 1.51. The van der Waals surface area contributed by atoms with Crippen LogP contribution in [0.2, 0.25) is 0 Å². The first-order valence-corrected chi connectivity index (χ1v) is 5.78. The molecule has 0 aliphatic heterocycles. The van der Waals surface area contributed by atoms with Gasteiger partial charge >= 0.3 is 5.97 Å². The van der Waals surface area contributed by atoms with Crippen molar-refractivity contribution in [3.05, 3.63) is 0 Å². The van der Waals surface area contributed by atoms with Crippen molar-refractivity contribution in [1.29, 1.82) is 0 Å². The molecular formula is C11H22N2O3. The van der Waals surface area contributed by atoms with Gasteiger partial charge in [-0.1, -0.05) is 26.2 Å². The molecule has 0 aromatic heterocycles. The van der Waals surface area contributed by atoms with Gasteiger partial charge in [-0.25, -0.2) is 0 Å². The van der Waals surface area contributed by atoms with Crippen LogP contribution in [0.4, 0.5) is 0 Å². The zero-order valence-electron chi connectivity index (χ0n) is 9.95. The summed E-state index contributed by atoms with van der Waals surface area (Å²) in [5.74, 6) is -1.25. The zero-order chi connectivity index (χ0) is 12.4. The Balaban J connectivity index is 3.80. The fourth-order valence-corrected chi connectivity index (χ4v) is 1.51. The quantitative estimate of drug-likeness (QED) is 0.544. The summed E-state index contributed by atoms with van der Waals surface area (Å²) in [5.41, 5.74) is 5.10. The molecule has 3 N–H and O–H groups in total. The molecule has 0 fully saturated rings. The maximum atomic E-state index is 10.8. The zero-order valence-corrected chi connectivity index (χ0v) is 9.95. The average molecular weight is 230 g/mol. The summed E-state index contributed by atoms with van der Waals surface area (Å²) in [6.45, 7) is 3.42. The average Bonchev–Trinajstić information content (AvgIpc) is 2.19. The summed E-state index contributed by atoms with van der Waals surface area (Å²) in [6.07, 6.45) is 4.48. The lowest BCUT2D eigenvalue weighted by molar-refractivity contribution is -0.137. The number of unbranched alkanes of at least 4 members (excludes halogenated alkanes) is 3. The van der Waals surface area contributed by atoms with Crippen LogP contribution in [-0.2, 0) is 9.59 Å². The highest BCUT2D eigenvalue weighted by Gasteiger charge is 2.09. The summed E-state index contributed by atoms with van der Waals surface area (Å²) in [4.78, 5) is 23.0. The smallest absolute Gasteiger partial charge is 0.304 e. The van der Waals surface area contributed by atoms with Crippen LogP contribution in [0.5, 0.6) is 0 Å². The SMILES string of the molecule is CCCCCCN(CCC(=O)O)CC(N)=O. The Bertz CT molecular complexity index is 219. The van der Waals surface area contributed by atoms with Crippen molar-refractivity contribution in [2.75, 3.05) is 19.6 Å². The van der Waals surface area contributed by atoms with Gasteiger partial charge < -0.3 is 10.8 Å². The number of nitrogens with zero attached hydrogens (tertiary/aromatic N) is 1. The highest BCUT2D eigenvalue weighted by Crippen LogP contribution is 2.02. The van der Waals surface area contributed by atoms with Crippen LogP contribution in [0, 0.1) is 0 Å². The molecule has 0 rings (SSSR count). The first-order chi connectivity index (χ1) is 7.56. The van der Waals surface area contributed by atoms with E-state index in [0.717, 1.165) is 25.8 Å². The van der Waals surface area contributed by atoms with Crippen LogP contribution in [0.15, 0.2) is 0 Å². The third-order valence-corrected chi connectivity index (χ3v) is 2.35. The minimum Gasteiger partial charge on any atom is -0.481 e. The number of nitrogens with two attached hydrogens (primary N) is 1. The van der Waals surface area contributed by atoms with Crippen molar-refractivity contribution < 1.29 is 14.7 Å². The normalized spacial score (nSPS) is 10.6. The van der Waals surface area contributed by atoms with Crippen molar-refractivity contribution in [2.24, 2.45) is 5.73 Å². The Kier molecular flexibility index (Phi) is 8.52. The predicted octanol–water partition coefficient (Wildman–Crippen LogP) is 0.829. The Morgan fingerprint density at radius 2 is 1.88 bits per heavy atom. The molecule has 5 nitrogen and oxygen atoms in total. The topological polar surface area (TPSA) is 83.6 Å². The summed E-state index contributed by atoms with van der Waals surface area (Å²) in [6, 6.07) is 0. The molecular weight excluding hydrogens is 208 g/mol. The molecule has 1 amide bonds. The van der Waals surface area contributed by atoms with E-state index in [1.54, 1.807) is 0 Å². The van der Waals surface area contributed by atoms with E-state index < -0.39 is 11.9 Å². The number of aliphatic carboxylic acids is 1.